The molecule has 2 aromatic rings. The van der Waals surface area contributed by atoms with E-state index in [0.717, 1.165) is 17.7 Å². The Balaban J connectivity index is 1.97. The summed E-state index contributed by atoms with van der Waals surface area (Å²) in [6.45, 7) is 4.03. The minimum atomic E-state index is -1.04. The molecule has 1 atom stereocenters. The molecule has 2 aromatic carbocycles. The SMILES string of the molecule is CC1(C)Cc2cc(C(O)c3cc(Cl)ccc3F)ccc2O1. The van der Waals surface area contributed by atoms with E-state index in [1.54, 1.807) is 6.07 Å². The zero-order chi connectivity index (χ0) is 15.2. The summed E-state index contributed by atoms with van der Waals surface area (Å²) >= 11 is 5.88. The average Bonchev–Trinajstić information content (AvgIpc) is 2.73. The van der Waals surface area contributed by atoms with Gasteiger partial charge in [-0.25, -0.2) is 4.39 Å². The van der Waals surface area contributed by atoms with Gasteiger partial charge in [0.1, 0.15) is 23.3 Å². The molecule has 0 saturated heterocycles. The fourth-order valence-electron chi connectivity index (χ4n) is 2.70. The van der Waals surface area contributed by atoms with Gasteiger partial charge in [-0.3, -0.25) is 0 Å². The van der Waals surface area contributed by atoms with Crippen LogP contribution in [-0.4, -0.2) is 10.7 Å². The second kappa shape index (κ2) is 5.00. The van der Waals surface area contributed by atoms with Crippen molar-refractivity contribution in [3.63, 3.8) is 0 Å². The Morgan fingerprint density at radius 2 is 2.00 bits per heavy atom. The van der Waals surface area contributed by atoms with Crippen molar-refractivity contribution in [3.05, 3.63) is 63.9 Å². The third kappa shape index (κ3) is 2.76. The molecular weight excluding hydrogens is 291 g/mol. The van der Waals surface area contributed by atoms with Gasteiger partial charge in [-0.2, -0.15) is 0 Å². The van der Waals surface area contributed by atoms with Crippen LogP contribution in [0.25, 0.3) is 0 Å². The molecular formula is C17H16ClFO2. The third-order valence-corrected chi connectivity index (χ3v) is 3.89. The minimum Gasteiger partial charge on any atom is -0.487 e. The molecule has 1 aliphatic rings. The summed E-state index contributed by atoms with van der Waals surface area (Å²) in [5, 5.41) is 10.8. The summed E-state index contributed by atoms with van der Waals surface area (Å²) in [5.41, 5.74) is 1.60. The highest BCUT2D eigenvalue weighted by molar-refractivity contribution is 6.30. The van der Waals surface area contributed by atoms with Gasteiger partial charge < -0.3 is 9.84 Å². The molecule has 1 aliphatic heterocycles. The predicted molar refractivity (Wildman–Crippen MR) is 80.3 cm³/mol. The first-order chi connectivity index (χ1) is 9.85. The molecule has 0 aliphatic carbocycles. The van der Waals surface area contributed by atoms with Crippen LogP contribution in [0, 0.1) is 5.82 Å². The molecule has 0 bridgehead atoms. The quantitative estimate of drug-likeness (QED) is 0.897. The van der Waals surface area contributed by atoms with E-state index in [0.29, 0.717) is 10.6 Å². The predicted octanol–water partition coefficient (Wildman–Crippen LogP) is 4.27. The van der Waals surface area contributed by atoms with Crippen molar-refractivity contribution in [2.24, 2.45) is 0 Å². The van der Waals surface area contributed by atoms with Crippen molar-refractivity contribution in [2.75, 3.05) is 0 Å². The Morgan fingerprint density at radius 3 is 2.76 bits per heavy atom. The van der Waals surface area contributed by atoms with Gasteiger partial charge in [0.2, 0.25) is 0 Å². The molecule has 0 amide bonds. The van der Waals surface area contributed by atoms with Gasteiger partial charge in [0, 0.05) is 17.0 Å². The molecule has 0 fully saturated rings. The summed E-state index contributed by atoms with van der Waals surface area (Å²) < 4.78 is 19.7. The van der Waals surface area contributed by atoms with E-state index < -0.39 is 11.9 Å². The van der Waals surface area contributed by atoms with Crippen LogP contribution in [0.4, 0.5) is 4.39 Å². The standard InChI is InChI=1S/C17H16ClFO2/c1-17(2)9-11-7-10(3-6-15(11)21-17)16(20)13-8-12(18)4-5-14(13)19/h3-8,16,20H,9H2,1-2H3. The topological polar surface area (TPSA) is 29.5 Å². The summed E-state index contributed by atoms with van der Waals surface area (Å²) in [5.74, 6) is 0.353. The van der Waals surface area contributed by atoms with E-state index >= 15 is 0 Å². The van der Waals surface area contributed by atoms with Crippen LogP contribution in [0.5, 0.6) is 5.75 Å². The number of aliphatic hydroxyl groups is 1. The number of aliphatic hydroxyl groups excluding tert-OH is 1. The van der Waals surface area contributed by atoms with E-state index in [9.17, 15) is 9.50 Å². The fraction of sp³-hybridized carbons (Fsp3) is 0.294. The maximum Gasteiger partial charge on any atom is 0.129 e. The zero-order valence-electron chi connectivity index (χ0n) is 11.9. The highest BCUT2D eigenvalue weighted by Crippen LogP contribution is 2.37. The zero-order valence-corrected chi connectivity index (χ0v) is 12.6. The summed E-state index contributed by atoms with van der Waals surface area (Å²) in [6, 6.07) is 9.63. The number of hydrogen-bond donors (Lipinski definition) is 1. The molecule has 21 heavy (non-hydrogen) atoms. The maximum absolute atomic E-state index is 13.9. The Kier molecular flexibility index (Phi) is 3.42. The lowest BCUT2D eigenvalue weighted by atomic mass is 9.96. The van der Waals surface area contributed by atoms with Crippen LogP contribution in [0.3, 0.4) is 0 Å². The van der Waals surface area contributed by atoms with E-state index in [1.807, 2.05) is 26.0 Å². The van der Waals surface area contributed by atoms with Gasteiger partial charge in [-0.05, 0) is 55.3 Å². The molecule has 1 heterocycles. The average molecular weight is 307 g/mol. The van der Waals surface area contributed by atoms with E-state index in [4.69, 9.17) is 16.3 Å². The molecule has 0 radical (unpaired) electrons. The van der Waals surface area contributed by atoms with Crippen molar-refractivity contribution in [3.8, 4) is 5.75 Å². The molecule has 0 aromatic heterocycles. The van der Waals surface area contributed by atoms with Crippen LogP contribution >= 0.6 is 11.6 Å². The smallest absolute Gasteiger partial charge is 0.129 e. The van der Waals surface area contributed by atoms with Gasteiger partial charge in [0.05, 0.1) is 0 Å². The molecule has 4 heteroatoms. The van der Waals surface area contributed by atoms with Crippen LogP contribution < -0.4 is 4.74 Å². The molecule has 0 saturated carbocycles. The van der Waals surface area contributed by atoms with Gasteiger partial charge in [-0.1, -0.05) is 17.7 Å². The van der Waals surface area contributed by atoms with Crippen LogP contribution in [0.2, 0.25) is 5.02 Å². The van der Waals surface area contributed by atoms with Crippen molar-refractivity contribution >= 4 is 11.6 Å². The number of benzene rings is 2. The highest BCUT2D eigenvalue weighted by Gasteiger charge is 2.30. The van der Waals surface area contributed by atoms with Crippen LogP contribution in [-0.2, 0) is 6.42 Å². The van der Waals surface area contributed by atoms with Crippen molar-refractivity contribution in [2.45, 2.75) is 32.0 Å². The number of fused-ring (bicyclic) bond motifs is 1. The van der Waals surface area contributed by atoms with Crippen molar-refractivity contribution < 1.29 is 14.2 Å². The Bertz CT molecular complexity index is 697. The number of rotatable bonds is 2. The van der Waals surface area contributed by atoms with Gasteiger partial charge >= 0.3 is 0 Å². The van der Waals surface area contributed by atoms with E-state index in [-0.39, 0.29) is 11.2 Å². The second-order valence-electron chi connectivity index (χ2n) is 5.97. The van der Waals surface area contributed by atoms with Gasteiger partial charge in [0.25, 0.3) is 0 Å². The first kappa shape index (κ1) is 14.4. The Hall–Kier alpha value is -1.58. The van der Waals surface area contributed by atoms with E-state index in [2.05, 4.69) is 0 Å². The molecule has 3 rings (SSSR count). The van der Waals surface area contributed by atoms with Crippen LogP contribution in [0.1, 0.15) is 36.6 Å². The van der Waals surface area contributed by atoms with Crippen LogP contribution in [0.15, 0.2) is 36.4 Å². The van der Waals surface area contributed by atoms with Gasteiger partial charge in [0.15, 0.2) is 0 Å². The monoisotopic (exact) mass is 306 g/mol. The second-order valence-corrected chi connectivity index (χ2v) is 6.41. The normalized spacial score (nSPS) is 17.2. The first-order valence-electron chi connectivity index (χ1n) is 6.80. The molecule has 1 N–H and O–H groups in total. The first-order valence-corrected chi connectivity index (χ1v) is 7.18. The number of ether oxygens (including phenoxy) is 1. The maximum atomic E-state index is 13.9. The number of halogens is 2. The summed E-state index contributed by atoms with van der Waals surface area (Å²) in [4.78, 5) is 0. The number of hydrogen-bond acceptors (Lipinski definition) is 2. The lowest BCUT2D eigenvalue weighted by Crippen LogP contribution is -2.24. The van der Waals surface area contributed by atoms with Gasteiger partial charge in [-0.15, -0.1) is 0 Å². The fourth-order valence-corrected chi connectivity index (χ4v) is 2.88. The Labute approximate surface area is 128 Å². The van der Waals surface area contributed by atoms with E-state index in [1.165, 1.54) is 18.2 Å². The minimum absolute atomic E-state index is 0.181. The molecule has 1 unspecified atom stereocenters. The third-order valence-electron chi connectivity index (χ3n) is 3.66. The largest absolute Gasteiger partial charge is 0.487 e. The summed E-state index contributed by atoms with van der Waals surface area (Å²) in [7, 11) is 0. The lowest BCUT2D eigenvalue weighted by molar-refractivity contribution is 0.138. The molecule has 0 spiro atoms. The van der Waals surface area contributed by atoms with Crippen molar-refractivity contribution in [1.82, 2.24) is 0 Å². The lowest BCUT2D eigenvalue weighted by Gasteiger charge is -2.16. The Morgan fingerprint density at radius 1 is 1.24 bits per heavy atom. The molecule has 110 valence electrons. The highest BCUT2D eigenvalue weighted by atomic mass is 35.5. The molecule has 2 nitrogen and oxygen atoms in total. The van der Waals surface area contributed by atoms with Crippen molar-refractivity contribution in [1.29, 1.82) is 0 Å². The summed E-state index contributed by atoms with van der Waals surface area (Å²) in [6.07, 6.45) is -0.279.